The van der Waals surface area contributed by atoms with Crippen LogP contribution >= 0.6 is 0 Å². The lowest BCUT2D eigenvalue weighted by Crippen LogP contribution is -2.38. The molecule has 126 valence electrons. The van der Waals surface area contributed by atoms with Crippen molar-refractivity contribution in [2.24, 2.45) is 5.73 Å². The van der Waals surface area contributed by atoms with Gasteiger partial charge in [0.25, 0.3) is 11.8 Å². The number of nitrogens with zero attached hydrogens (tertiary/aromatic N) is 1. The van der Waals surface area contributed by atoms with E-state index in [0.29, 0.717) is 16.7 Å². The highest BCUT2D eigenvalue weighted by molar-refractivity contribution is 6.21. The summed E-state index contributed by atoms with van der Waals surface area (Å²) in [6, 6.07) is 9.59. The molecule has 2 heterocycles. The lowest BCUT2D eigenvalue weighted by Gasteiger charge is -2.27. The Morgan fingerprint density at radius 2 is 1.68 bits per heavy atom. The average Bonchev–Trinajstić information content (AvgIpc) is 3.12. The molecule has 0 fully saturated rings. The van der Waals surface area contributed by atoms with Crippen LogP contribution in [-0.2, 0) is 11.3 Å². The molecular weight excluding hydrogens is 320 g/mol. The predicted molar refractivity (Wildman–Crippen MR) is 89.0 cm³/mol. The lowest BCUT2D eigenvalue weighted by molar-refractivity contribution is 0.0533. The second-order valence-electron chi connectivity index (χ2n) is 6.16. The van der Waals surface area contributed by atoms with Crippen LogP contribution in [0.25, 0.3) is 0 Å². The summed E-state index contributed by atoms with van der Waals surface area (Å²) in [5, 5.41) is 0. The summed E-state index contributed by atoms with van der Waals surface area (Å²) in [6.45, 7) is 2.16. The topological polar surface area (TPSA) is 89.7 Å². The summed E-state index contributed by atoms with van der Waals surface area (Å²) >= 11 is 0. The van der Waals surface area contributed by atoms with Crippen LogP contribution in [0, 0.1) is 6.92 Å². The largest absolute Gasteiger partial charge is 0.457 e. The number of amides is 2. The number of hydrogen-bond donors (Lipinski definition) is 1. The second kappa shape index (κ2) is 5.53. The zero-order chi connectivity index (χ0) is 17.7. The van der Waals surface area contributed by atoms with Crippen LogP contribution in [0.4, 0.5) is 0 Å². The van der Waals surface area contributed by atoms with Crippen molar-refractivity contribution >= 4 is 17.8 Å². The third-order valence-electron chi connectivity index (χ3n) is 4.93. The highest BCUT2D eigenvalue weighted by atomic mass is 16.5. The van der Waals surface area contributed by atoms with Gasteiger partial charge in [0.05, 0.1) is 22.7 Å². The van der Waals surface area contributed by atoms with Crippen molar-refractivity contribution in [1.82, 2.24) is 4.90 Å². The molecule has 4 rings (SSSR count). The Bertz CT molecular complexity index is 900. The van der Waals surface area contributed by atoms with Gasteiger partial charge < -0.3 is 10.5 Å². The van der Waals surface area contributed by atoms with Crippen LogP contribution < -0.4 is 5.73 Å². The zero-order valence-corrected chi connectivity index (χ0v) is 13.6. The van der Waals surface area contributed by atoms with Crippen LogP contribution in [-0.4, -0.2) is 29.2 Å². The first-order chi connectivity index (χ1) is 12.0. The zero-order valence-electron chi connectivity index (χ0n) is 13.6. The molecular formula is C19H16N2O4. The quantitative estimate of drug-likeness (QED) is 0.683. The van der Waals surface area contributed by atoms with E-state index in [4.69, 9.17) is 10.5 Å². The van der Waals surface area contributed by atoms with Gasteiger partial charge in [0.1, 0.15) is 6.61 Å². The number of fused-ring (bicyclic) bond motifs is 2. The molecule has 0 aliphatic carbocycles. The van der Waals surface area contributed by atoms with Crippen LogP contribution in [0.2, 0.25) is 0 Å². The molecule has 0 aromatic heterocycles. The van der Waals surface area contributed by atoms with Crippen LogP contribution in [0.1, 0.15) is 53.8 Å². The summed E-state index contributed by atoms with van der Waals surface area (Å²) in [5.74, 6) is -1.04. The highest BCUT2D eigenvalue weighted by Gasteiger charge is 2.40. The number of benzene rings is 2. The van der Waals surface area contributed by atoms with Gasteiger partial charge in [-0.25, -0.2) is 4.79 Å². The van der Waals surface area contributed by atoms with E-state index in [0.717, 1.165) is 16.7 Å². The molecule has 6 nitrogen and oxygen atoms in total. The summed E-state index contributed by atoms with van der Waals surface area (Å²) in [5.41, 5.74) is 9.63. The minimum Gasteiger partial charge on any atom is -0.457 e. The second-order valence-corrected chi connectivity index (χ2v) is 6.16. The first-order valence-corrected chi connectivity index (χ1v) is 8.01. The Labute approximate surface area is 144 Å². The fourth-order valence-electron chi connectivity index (χ4n) is 3.59. The Morgan fingerprint density at radius 1 is 1.04 bits per heavy atom. The number of nitrogens with two attached hydrogens (primary N) is 1. The Morgan fingerprint density at radius 3 is 2.28 bits per heavy atom. The van der Waals surface area contributed by atoms with E-state index in [1.165, 1.54) is 4.90 Å². The average molecular weight is 336 g/mol. The van der Waals surface area contributed by atoms with Gasteiger partial charge in [-0.05, 0) is 36.2 Å². The molecule has 6 heteroatoms. The molecule has 2 aliphatic heterocycles. The van der Waals surface area contributed by atoms with Gasteiger partial charge in [0.2, 0.25) is 0 Å². The lowest BCUT2D eigenvalue weighted by atomic mass is 9.93. The normalized spacial score (nSPS) is 16.7. The molecule has 0 bridgehead atoms. The third kappa shape index (κ3) is 2.11. The molecule has 1 unspecified atom stereocenters. The summed E-state index contributed by atoms with van der Waals surface area (Å²) in [4.78, 5) is 38.4. The van der Waals surface area contributed by atoms with Gasteiger partial charge in [-0.2, -0.15) is 0 Å². The standard InChI is InChI=1S/C19H16N2O4/c1-10-11(6-7-14-15(10)9-25-19(14)24)16(8-20)21-17(22)12-4-2-3-5-13(12)18(21)23/h2-7,16H,8-9,20H2,1H3. The number of carbonyl (C=O) groups excluding carboxylic acids is 3. The number of ether oxygens (including phenoxy) is 1. The number of imide groups is 1. The molecule has 2 N–H and O–H groups in total. The van der Waals surface area contributed by atoms with Gasteiger partial charge in [-0.1, -0.05) is 18.2 Å². The summed E-state index contributed by atoms with van der Waals surface area (Å²) < 4.78 is 5.07. The van der Waals surface area contributed by atoms with E-state index < -0.39 is 6.04 Å². The third-order valence-corrected chi connectivity index (χ3v) is 4.93. The van der Waals surface area contributed by atoms with Gasteiger partial charge in [0.15, 0.2) is 0 Å². The van der Waals surface area contributed by atoms with Gasteiger partial charge >= 0.3 is 5.97 Å². The van der Waals surface area contributed by atoms with Crippen molar-refractivity contribution in [2.75, 3.05) is 6.54 Å². The molecule has 0 saturated carbocycles. The SMILES string of the molecule is Cc1c(C(CN)N2C(=O)c3ccccc3C2=O)ccc2c1COC2=O. The van der Waals surface area contributed by atoms with Crippen LogP contribution in [0.5, 0.6) is 0 Å². The van der Waals surface area contributed by atoms with E-state index in [9.17, 15) is 14.4 Å². The maximum atomic E-state index is 12.7. The smallest absolute Gasteiger partial charge is 0.338 e. The maximum Gasteiger partial charge on any atom is 0.338 e. The van der Waals surface area contributed by atoms with Gasteiger partial charge in [0, 0.05) is 12.1 Å². The monoisotopic (exact) mass is 336 g/mol. The molecule has 2 aromatic rings. The summed E-state index contributed by atoms with van der Waals surface area (Å²) in [7, 11) is 0. The van der Waals surface area contributed by atoms with E-state index >= 15 is 0 Å². The van der Waals surface area contributed by atoms with Crippen molar-refractivity contribution in [2.45, 2.75) is 19.6 Å². The van der Waals surface area contributed by atoms with Gasteiger partial charge in [-0.15, -0.1) is 0 Å². The molecule has 0 radical (unpaired) electrons. The van der Waals surface area contributed by atoms with Gasteiger partial charge in [-0.3, -0.25) is 14.5 Å². The van der Waals surface area contributed by atoms with Crippen molar-refractivity contribution in [3.8, 4) is 0 Å². The van der Waals surface area contributed by atoms with Crippen molar-refractivity contribution in [3.63, 3.8) is 0 Å². The van der Waals surface area contributed by atoms with Crippen LogP contribution in [0.3, 0.4) is 0 Å². The number of esters is 1. The molecule has 2 aliphatic rings. The molecule has 2 aromatic carbocycles. The molecule has 0 saturated heterocycles. The van der Waals surface area contributed by atoms with E-state index in [-0.39, 0.29) is 30.9 Å². The van der Waals surface area contributed by atoms with E-state index in [2.05, 4.69) is 0 Å². The van der Waals surface area contributed by atoms with Crippen molar-refractivity contribution in [1.29, 1.82) is 0 Å². The number of hydrogen-bond acceptors (Lipinski definition) is 5. The van der Waals surface area contributed by atoms with Crippen molar-refractivity contribution in [3.05, 3.63) is 69.8 Å². The van der Waals surface area contributed by atoms with Crippen molar-refractivity contribution < 1.29 is 19.1 Å². The summed E-state index contributed by atoms with van der Waals surface area (Å²) in [6.07, 6.45) is 0. The first-order valence-electron chi connectivity index (χ1n) is 8.01. The number of rotatable bonds is 3. The maximum absolute atomic E-state index is 12.7. The Kier molecular flexibility index (Phi) is 3.43. The molecule has 0 spiro atoms. The fraction of sp³-hybridized carbons (Fsp3) is 0.211. The molecule has 25 heavy (non-hydrogen) atoms. The molecule has 1 atom stereocenters. The highest BCUT2D eigenvalue weighted by Crippen LogP contribution is 2.35. The molecule has 2 amide bonds. The number of cyclic esters (lactones) is 1. The number of carbonyl (C=O) groups is 3. The van der Waals surface area contributed by atoms with E-state index in [1.807, 2.05) is 6.92 Å². The minimum absolute atomic E-state index is 0.0971. The Hall–Kier alpha value is -2.99. The fourth-order valence-corrected chi connectivity index (χ4v) is 3.59. The Balaban J connectivity index is 1.79. The van der Waals surface area contributed by atoms with Crippen LogP contribution in [0.15, 0.2) is 36.4 Å². The van der Waals surface area contributed by atoms with E-state index in [1.54, 1.807) is 36.4 Å². The minimum atomic E-state index is -0.589. The predicted octanol–water partition coefficient (Wildman–Crippen LogP) is 1.96. The first kappa shape index (κ1) is 15.5.